The fourth-order valence-corrected chi connectivity index (χ4v) is 2.81. The standard InChI is InChI=1S/C17H25ClN2O3.ClH/c1-11(2)10-23-16-14(18)7-13(8-15(16)22-4)17(21)20-6-5-19-9-12(20)3;/h7-8,11-12,19H,5-6,9-10H2,1-4H3;1H. The molecule has 1 aliphatic rings. The van der Waals surface area contributed by atoms with E-state index < -0.39 is 0 Å². The number of carbonyl (C=O) groups excluding carboxylic acids is 1. The number of hydrogen-bond donors (Lipinski definition) is 1. The number of halogens is 2. The minimum absolute atomic E-state index is 0. The molecule has 1 N–H and O–H groups in total. The van der Waals surface area contributed by atoms with Crippen LogP contribution >= 0.6 is 24.0 Å². The van der Waals surface area contributed by atoms with E-state index in [4.69, 9.17) is 21.1 Å². The zero-order valence-corrected chi connectivity index (χ0v) is 16.2. The zero-order chi connectivity index (χ0) is 17.0. The van der Waals surface area contributed by atoms with Crippen molar-refractivity contribution in [1.29, 1.82) is 0 Å². The lowest BCUT2D eigenvalue weighted by atomic mass is 10.1. The molecule has 24 heavy (non-hydrogen) atoms. The molecular formula is C17H26Cl2N2O3. The van der Waals surface area contributed by atoms with Crippen LogP contribution in [0.1, 0.15) is 31.1 Å². The number of hydrogen-bond acceptors (Lipinski definition) is 4. The molecule has 1 aliphatic heterocycles. The topological polar surface area (TPSA) is 50.8 Å². The first kappa shape index (κ1) is 20.9. The molecule has 0 saturated carbocycles. The maximum atomic E-state index is 12.8. The van der Waals surface area contributed by atoms with Gasteiger partial charge in [-0.05, 0) is 25.0 Å². The number of rotatable bonds is 5. The first-order valence-corrected chi connectivity index (χ1v) is 8.33. The Balaban J connectivity index is 0.00000288. The van der Waals surface area contributed by atoms with Crippen LogP contribution < -0.4 is 14.8 Å². The number of carbonyl (C=O) groups is 1. The third-order valence-electron chi connectivity index (χ3n) is 3.80. The van der Waals surface area contributed by atoms with Gasteiger partial charge in [0.15, 0.2) is 11.5 Å². The number of methoxy groups -OCH3 is 1. The second-order valence-corrected chi connectivity index (χ2v) is 6.65. The fourth-order valence-electron chi connectivity index (χ4n) is 2.54. The molecule has 1 amide bonds. The van der Waals surface area contributed by atoms with Crippen molar-refractivity contribution in [2.24, 2.45) is 5.92 Å². The molecule has 1 aromatic carbocycles. The number of piperazine rings is 1. The molecule has 0 spiro atoms. The van der Waals surface area contributed by atoms with Crippen molar-refractivity contribution in [3.63, 3.8) is 0 Å². The van der Waals surface area contributed by atoms with Crippen LogP contribution in [0.2, 0.25) is 5.02 Å². The SMILES string of the molecule is COc1cc(C(=O)N2CCNCC2C)cc(Cl)c1OCC(C)C.Cl. The van der Waals surface area contributed by atoms with E-state index in [-0.39, 0.29) is 24.4 Å². The zero-order valence-electron chi connectivity index (χ0n) is 14.6. The largest absolute Gasteiger partial charge is 0.493 e. The normalized spacial score (nSPS) is 17.4. The summed E-state index contributed by atoms with van der Waals surface area (Å²) in [5.41, 5.74) is 0.525. The van der Waals surface area contributed by atoms with Crippen molar-refractivity contribution in [3.8, 4) is 11.5 Å². The van der Waals surface area contributed by atoms with Gasteiger partial charge in [-0.2, -0.15) is 0 Å². The molecule has 0 radical (unpaired) electrons. The molecule has 0 bridgehead atoms. The smallest absolute Gasteiger partial charge is 0.254 e. The molecule has 1 atom stereocenters. The second kappa shape index (κ2) is 9.35. The van der Waals surface area contributed by atoms with Crippen LogP contribution in [0.4, 0.5) is 0 Å². The van der Waals surface area contributed by atoms with Gasteiger partial charge in [0.25, 0.3) is 5.91 Å². The Morgan fingerprint density at radius 1 is 1.46 bits per heavy atom. The lowest BCUT2D eigenvalue weighted by molar-refractivity contribution is 0.0655. The van der Waals surface area contributed by atoms with Gasteiger partial charge in [0.05, 0.1) is 18.7 Å². The van der Waals surface area contributed by atoms with Crippen LogP contribution in [0.25, 0.3) is 0 Å². The predicted molar refractivity (Wildman–Crippen MR) is 99.0 cm³/mol. The maximum Gasteiger partial charge on any atom is 0.254 e. The number of nitrogens with zero attached hydrogens (tertiary/aromatic N) is 1. The molecule has 136 valence electrons. The Bertz CT molecular complexity index is 567. The van der Waals surface area contributed by atoms with Crippen molar-refractivity contribution in [2.75, 3.05) is 33.4 Å². The molecular weight excluding hydrogens is 351 g/mol. The van der Waals surface area contributed by atoms with Gasteiger partial charge in [-0.3, -0.25) is 4.79 Å². The van der Waals surface area contributed by atoms with E-state index in [1.807, 2.05) is 11.8 Å². The summed E-state index contributed by atoms with van der Waals surface area (Å²) in [5, 5.41) is 3.68. The van der Waals surface area contributed by atoms with E-state index in [2.05, 4.69) is 19.2 Å². The van der Waals surface area contributed by atoms with Crippen molar-refractivity contribution in [1.82, 2.24) is 10.2 Å². The highest BCUT2D eigenvalue weighted by Gasteiger charge is 2.26. The summed E-state index contributed by atoms with van der Waals surface area (Å²) >= 11 is 6.33. The Morgan fingerprint density at radius 2 is 2.17 bits per heavy atom. The molecule has 1 unspecified atom stereocenters. The first-order chi connectivity index (χ1) is 10.9. The molecule has 1 heterocycles. The van der Waals surface area contributed by atoms with Crippen molar-refractivity contribution < 1.29 is 14.3 Å². The highest BCUT2D eigenvalue weighted by molar-refractivity contribution is 6.32. The van der Waals surface area contributed by atoms with Crippen molar-refractivity contribution in [3.05, 3.63) is 22.7 Å². The summed E-state index contributed by atoms with van der Waals surface area (Å²) in [6.07, 6.45) is 0. The van der Waals surface area contributed by atoms with Gasteiger partial charge in [-0.15, -0.1) is 12.4 Å². The molecule has 1 fully saturated rings. The molecule has 7 heteroatoms. The van der Waals surface area contributed by atoms with Crippen molar-refractivity contribution >= 4 is 29.9 Å². The lowest BCUT2D eigenvalue weighted by Gasteiger charge is -2.34. The van der Waals surface area contributed by atoms with Crippen LogP contribution in [0.15, 0.2) is 12.1 Å². The summed E-state index contributed by atoms with van der Waals surface area (Å²) < 4.78 is 11.1. The predicted octanol–water partition coefficient (Wildman–Crippen LogP) is 3.24. The molecule has 1 saturated heterocycles. The van der Waals surface area contributed by atoms with Gasteiger partial charge in [0.1, 0.15) is 0 Å². The molecule has 0 aliphatic carbocycles. The van der Waals surface area contributed by atoms with Crippen LogP contribution in [0.3, 0.4) is 0 Å². The molecule has 5 nitrogen and oxygen atoms in total. The van der Waals surface area contributed by atoms with E-state index in [0.717, 1.165) is 13.1 Å². The Labute approximate surface area is 155 Å². The van der Waals surface area contributed by atoms with E-state index >= 15 is 0 Å². The Hall–Kier alpha value is -1.17. The van der Waals surface area contributed by atoms with Gasteiger partial charge in [-0.1, -0.05) is 25.4 Å². The first-order valence-electron chi connectivity index (χ1n) is 7.96. The maximum absolute atomic E-state index is 12.8. The minimum Gasteiger partial charge on any atom is -0.493 e. The average Bonchev–Trinajstić information content (AvgIpc) is 2.52. The monoisotopic (exact) mass is 376 g/mol. The van der Waals surface area contributed by atoms with Gasteiger partial charge >= 0.3 is 0 Å². The van der Waals surface area contributed by atoms with Crippen LogP contribution in [0.5, 0.6) is 11.5 Å². The van der Waals surface area contributed by atoms with Crippen LogP contribution in [0, 0.1) is 5.92 Å². The minimum atomic E-state index is -0.0328. The fraction of sp³-hybridized carbons (Fsp3) is 0.588. The third kappa shape index (κ3) is 4.91. The Morgan fingerprint density at radius 3 is 2.75 bits per heavy atom. The summed E-state index contributed by atoms with van der Waals surface area (Å²) in [7, 11) is 1.55. The highest BCUT2D eigenvalue weighted by Crippen LogP contribution is 2.37. The van der Waals surface area contributed by atoms with E-state index in [0.29, 0.717) is 41.2 Å². The van der Waals surface area contributed by atoms with Crippen LogP contribution in [-0.4, -0.2) is 50.2 Å². The van der Waals surface area contributed by atoms with Crippen molar-refractivity contribution in [2.45, 2.75) is 26.8 Å². The van der Waals surface area contributed by atoms with Gasteiger partial charge in [-0.25, -0.2) is 0 Å². The van der Waals surface area contributed by atoms with E-state index in [1.165, 1.54) is 0 Å². The molecule has 0 aromatic heterocycles. The quantitative estimate of drug-likeness (QED) is 0.856. The van der Waals surface area contributed by atoms with Gasteiger partial charge < -0.3 is 19.7 Å². The highest BCUT2D eigenvalue weighted by atomic mass is 35.5. The summed E-state index contributed by atoms with van der Waals surface area (Å²) in [6.45, 7) is 8.98. The second-order valence-electron chi connectivity index (χ2n) is 6.25. The molecule has 2 rings (SSSR count). The van der Waals surface area contributed by atoms with Crippen LogP contribution in [-0.2, 0) is 0 Å². The van der Waals surface area contributed by atoms with Gasteiger partial charge in [0, 0.05) is 31.2 Å². The van der Waals surface area contributed by atoms with E-state index in [1.54, 1.807) is 19.2 Å². The number of nitrogens with one attached hydrogen (secondary N) is 1. The van der Waals surface area contributed by atoms with E-state index in [9.17, 15) is 4.79 Å². The number of amides is 1. The number of ether oxygens (including phenoxy) is 2. The number of benzene rings is 1. The Kier molecular flexibility index (Phi) is 8.13. The van der Waals surface area contributed by atoms with Gasteiger partial charge in [0.2, 0.25) is 0 Å². The third-order valence-corrected chi connectivity index (χ3v) is 4.08. The lowest BCUT2D eigenvalue weighted by Crippen LogP contribution is -2.52. The average molecular weight is 377 g/mol. The summed E-state index contributed by atoms with van der Waals surface area (Å²) in [5.74, 6) is 1.32. The summed E-state index contributed by atoms with van der Waals surface area (Å²) in [6, 6.07) is 3.52. The summed E-state index contributed by atoms with van der Waals surface area (Å²) in [4.78, 5) is 14.6. The molecule has 1 aromatic rings.